The Labute approximate surface area is 112 Å². The van der Waals surface area contributed by atoms with Gasteiger partial charge in [0, 0.05) is 24.8 Å². The Morgan fingerprint density at radius 1 is 1.44 bits per heavy atom. The van der Waals surface area contributed by atoms with E-state index in [2.05, 4.69) is 10.6 Å². The van der Waals surface area contributed by atoms with Crippen LogP contribution in [-0.2, 0) is 4.79 Å². The van der Waals surface area contributed by atoms with Crippen molar-refractivity contribution < 1.29 is 14.7 Å². The van der Waals surface area contributed by atoms with Gasteiger partial charge in [-0.15, -0.1) is 0 Å². The fourth-order valence-corrected chi connectivity index (χ4v) is 3.01. The fourth-order valence-electron chi connectivity index (χ4n) is 1.81. The van der Waals surface area contributed by atoms with Crippen LogP contribution in [-0.4, -0.2) is 41.2 Å². The van der Waals surface area contributed by atoms with Gasteiger partial charge >= 0.3 is 12.0 Å². The number of aliphatic carboxylic acids is 1. The van der Waals surface area contributed by atoms with Crippen LogP contribution in [0.2, 0.25) is 0 Å². The summed E-state index contributed by atoms with van der Waals surface area (Å²) in [5.41, 5.74) is 0. The minimum atomic E-state index is -0.787. The largest absolute Gasteiger partial charge is 0.481 e. The van der Waals surface area contributed by atoms with Crippen LogP contribution in [0.1, 0.15) is 32.6 Å². The number of rotatable bonds is 7. The average molecular weight is 274 g/mol. The van der Waals surface area contributed by atoms with Crippen molar-refractivity contribution in [2.45, 2.75) is 37.9 Å². The molecule has 0 aromatic carbocycles. The number of carbonyl (C=O) groups excluding carboxylic acids is 1. The Kier molecular flexibility index (Phi) is 6.93. The Hall–Kier alpha value is -0.910. The first-order valence-electron chi connectivity index (χ1n) is 6.43. The number of carboxylic acids is 1. The molecule has 0 radical (unpaired) electrons. The number of hydrogen-bond donors (Lipinski definition) is 3. The standard InChI is InChI=1S/C12H22N2O3S/c1-9(4-5-11(15)16)7-13-12(17)14-8-10-3-2-6-18-10/h9-10H,2-8H2,1H3,(H,15,16)(H2,13,14,17). The maximum Gasteiger partial charge on any atom is 0.314 e. The summed E-state index contributed by atoms with van der Waals surface area (Å²) < 4.78 is 0. The van der Waals surface area contributed by atoms with Gasteiger partial charge in [-0.25, -0.2) is 4.79 Å². The molecule has 1 fully saturated rings. The minimum absolute atomic E-state index is 0.148. The third-order valence-electron chi connectivity index (χ3n) is 2.98. The monoisotopic (exact) mass is 274 g/mol. The molecule has 5 nitrogen and oxygen atoms in total. The lowest BCUT2D eigenvalue weighted by atomic mass is 10.1. The van der Waals surface area contributed by atoms with Gasteiger partial charge in [0.1, 0.15) is 0 Å². The first-order chi connectivity index (χ1) is 8.58. The zero-order valence-corrected chi connectivity index (χ0v) is 11.6. The predicted octanol–water partition coefficient (Wildman–Crippen LogP) is 1.68. The highest BCUT2D eigenvalue weighted by atomic mass is 32.2. The summed E-state index contributed by atoms with van der Waals surface area (Å²) >= 11 is 1.91. The van der Waals surface area contributed by atoms with E-state index in [1.807, 2.05) is 18.7 Å². The molecule has 3 N–H and O–H groups in total. The molecular formula is C12H22N2O3S. The topological polar surface area (TPSA) is 78.4 Å². The van der Waals surface area contributed by atoms with Crippen molar-refractivity contribution in [3.63, 3.8) is 0 Å². The normalized spacial score (nSPS) is 20.4. The summed E-state index contributed by atoms with van der Waals surface area (Å²) in [7, 11) is 0. The van der Waals surface area contributed by atoms with Crippen LogP contribution in [0.15, 0.2) is 0 Å². The van der Waals surface area contributed by atoms with Gasteiger partial charge in [-0.05, 0) is 30.9 Å². The molecule has 2 amide bonds. The van der Waals surface area contributed by atoms with Gasteiger partial charge in [-0.3, -0.25) is 4.79 Å². The highest BCUT2D eigenvalue weighted by molar-refractivity contribution is 8.00. The van der Waals surface area contributed by atoms with E-state index in [9.17, 15) is 9.59 Å². The van der Waals surface area contributed by atoms with Crippen molar-refractivity contribution in [1.82, 2.24) is 10.6 Å². The van der Waals surface area contributed by atoms with Crippen molar-refractivity contribution in [2.75, 3.05) is 18.8 Å². The molecule has 1 aliphatic heterocycles. The van der Waals surface area contributed by atoms with E-state index in [4.69, 9.17) is 5.11 Å². The molecule has 2 atom stereocenters. The molecule has 1 heterocycles. The number of amides is 2. The third kappa shape index (κ3) is 6.74. The molecule has 2 unspecified atom stereocenters. The third-order valence-corrected chi connectivity index (χ3v) is 4.37. The summed E-state index contributed by atoms with van der Waals surface area (Å²) in [6.07, 6.45) is 3.17. The van der Waals surface area contributed by atoms with Crippen LogP contribution >= 0.6 is 11.8 Å². The van der Waals surface area contributed by atoms with Gasteiger partial charge in [-0.1, -0.05) is 6.92 Å². The van der Waals surface area contributed by atoms with Crippen molar-refractivity contribution in [3.8, 4) is 0 Å². The van der Waals surface area contributed by atoms with E-state index in [0.717, 1.165) is 6.54 Å². The van der Waals surface area contributed by atoms with Crippen LogP contribution in [0.3, 0.4) is 0 Å². The lowest BCUT2D eigenvalue weighted by molar-refractivity contribution is -0.137. The predicted molar refractivity (Wildman–Crippen MR) is 72.9 cm³/mol. The molecule has 0 saturated carbocycles. The van der Waals surface area contributed by atoms with Gasteiger partial charge in [-0.2, -0.15) is 11.8 Å². The average Bonchev–Trinajstić information content (AvgIpc) is 2.84. The fraction of sp³-hybridized carbons (Fsp3) is 0.833. The number of hydrogen-bond acceptors (Lipinski definition) is 3. The van der Waals surface area contributed by atoms with Crippen molar-refractivity contribution >= 4 is 23.8 Å². The zero-order valence-electron chi connectivity index (χ0n) is 10.8. The van der Waals surface area contributed by atoms with Crippen LogP contribution in [0, 0.1) is 5.92 Å². The lowest BCUT2D eigenvalue weighted by Crippen LogP contribution is -2.40. The number of carbonyl (C=O) groups is 2. The first kappa shape index (κ1) is 15.1. The van der Waals surface area contributed by atoms with Crippen LogP contribution in [0.5, 0.6) is 0 Å². The SMILES string of the molecule is CC(CCC(=O)O)CNC(=O)NCC1CCCS1. The molecular weight excluding hydrogens is 252 g/mol. The smallest absolute Gasteiger partial charge is 0.314 e. The molecule has 1 aliphatic rings. The second kappa shape index (κ2) is 8.24. The summed E-state index contributed by atoms with van der Waals surface area (Å²) in [5, 5.41) is 14.7. The summed E-state index contributed by atoms with van der Waals surface area (Å²) in [5.74, 6) is 0.595. The van der Waals surface area contributed by atoms with Gasteiger partial charge in [0.25, 0.3) is 0 Å². The molecule has 0 aromatic rings. The highest BCUT2D eigenvalue weighted by Crippen LogP contribution is 2.25. The lowest BCUT2D eigenvalue weighted by Gasteiger charge is -2.14. The summed E-state index contributed by atoms with van der Waals surface area (Å²) in [6.45, 7) is 3.19. The van der Waals surface area contributed by atoms with Crippen molar-refractivity contribution in [1.29, 1.82) is 0 Å². The molecule has 6 heteroatoms. The summed E-state index contributed by atoms with van der Waals surface area (Å²) in [6, 6.07) is -0.148. The zero-order chi connectivity index (χ0) is 13.4. The quantitative estimate of drug-likeness (QED) is 0.660. The summed E-state index contributed by atoms with van der Waals surface area (Å²) in [4.78, 5) is 21.9. The Morgan fingerprint density at radius 2 is 2.22 bits per heavy atom. The van der Waals surface area contributed by atoms with E-state index >= 15 is 0 Å². The van der Waals surface area contributed by atoms with E-state index in [-0.39, 0.29) is 18.4 Å². The van der Waals surface area contributed by atoms with E-state index < -0.39 is 5.97 Å². The second-order valence-electron chi connectivity index (χ2n) is 4.76. The van der Waals surface area contributed by atoms with Gasteiger partial charge in [0.05, 0.1) is 0 Å². The molecule has 1 saturated heterocycles. The van der Waals surface area contributed by atoms with Gasteiger partial charge < -0.3 is 15.7 Å². The Bertz CT molecular complexity index is 280. The number of carboxylic acid groups (broad SMARTS) is 1. The molecule has 1 rings (SSSR count). The number of urea groups is 1. The van der Waals surface area contributed by atoms with Gasteiger partial charge in [0.15, 0.2) is 0 Å². The second-order valence-corrected chi connectivity index (χ2v) is 6.17. The van der Waals surface area contributed by atoms with Crippen molar-refractivity contribution in [3.05, 3.63) is 0 Å². The molecule has 0 spiro atoms. The maximum absolute atomic E-state index is 11.5. The molecule has 0 aromatic heterocycles. The van der Waals surface area contributed by atoms with Gasteiger partial charge in [0.2, 0.25) is 0 Å². The van der Waals surface area contributed by atoms with Crippen LogP contribution in [0.4, 0.5) is 4.79 Å². The highest BCUT2D eigenvalue weighted by Gasteiger charge is 2.16. The minimum Gasteiger partial charge on any atom is -0.481 e. The molecule has 104 valence electrons. The Morgan fingerprint density at radius 3 is 2.83 bits per heavy atom. The molecule has 18 heavy (non-hydrogen) atoms. The van der Waals surface area contributed by atoms with Crippen molar-refractivity contribution in [2.24, 2.45) is 5.92 Å². The van der Waals surface area contributed by atoms with E-state index in [1.165, 1.54) is 18.6 Å². The van der Waals surface area contributed by atoms with E-state index in [0.29, 0.717) is 18.2 Å². The van der Waals surface area contributed by atoms with Crippen LogP contribution in [0.25, 0.3) is 0 Å². The first-order valence-corrected chi connectivity index (χ1v) is 7.48. The Balaban J connectivity index is 2.03. The molecule has 0 bridgehead atoms. The number of nitrogens with one attached hydrogen (secondary N) is 2. The van der Waals surface area contributed by atoms with E-state index in [1.54, 1.807) is 0 Å². The molecule has 0 aliphatic carbocycles. The maximum atomic E-state index is 11.5. The van der Waals surface area contributed by atoms with Crippen LogP contribution < -0.4 is 10.6 Å². The number of thioether (sulfide) groups is 1.